The highest BCUT2D eigenvalue weighted by Crippen LogP contribution is 1.93. The van der Waals surface area contributed by atoms with E-state index in [0.29, 0.717) is 0 Å². The SMILES string of the molecule is C#CNC(C)C(=C)C.C/C=C\C.CC.CCCC.CCCC. The minimum atomic E-state index is 0.236. The molecule has 1 nitrogen and oxygen atoms in total. The quantitative estimate of drug-likeness (QED) is 0.325. The molecule has 0 aromatic carbocycles. The Labute approximate surface area is 143 Å². The number of rotatable bonds is 4. The molecule has 22 heavy (non-hydrogen) atoms. The molecule has 0 aromatic heterocycles. The van der Waals surface area contributed by atoms with E-state index in [2.05, 4.69) is 45.6 Å². The van der Waals surface area contributed by atoms with Gasteiger partial charge in [-0.15, -0.1) is 0 Å². The molecule has 0 amide bonds. The summed E-state index contributed by atoms with van der Waals surface area (Å²) in [5.41, 5.74) is 1.06. The summed E-state index contributed by atoms with van der Waals surface area (Å²) in [5, 5.41) is 2.77. The Morgan fingerprint density at radius 2 is 1.27 bits per heavy atom. The largest absolute Gasteiger partial charge is 0.339 e. The molecule has 0 rings (SSSR count). The van der Waals surface area contributed by atoms with Gasteiger partial charge in [0.25, 0.3) is 0 Å². The van der Waals surface area contributed by atoms with Crippen LogP contribution in [0.4, 0.5) is 0 Å². The Morgan fingerprint density at radius 1 is 1.00 bits per heavy atom. The molecule has 0 aliphatic heterocycles. The lowest BCUT2D eigenvalue weighted by Gasteiger charge is -2.07. The fourth-order valence-electron chi connectivity index (χ4n) is 0.248. The molecule has 0 saturated heterocycles. The predicted octanol–water partition coefficient (Wildman–Crippen LogP) is 7.35. The first kappa shape index (κ1) is 32.7. The van der Waals surface area contributed by atoms with Gasteiger partial charge in [0.2, 0.25) is 0 Å². The van der Waals surface area contributed by atoms with Crippen molar-refractivity contribution in [2.75, 3.05) is 0 Å². The zero-order chi connectivity index (χ0) is 18.8. The van der Waals surface area contributed by atoms with E-state index in [0.717, 1.165) is 5.57 Å². The standard InChI is InChI=1S/C7H11N.2C4H10.C4H8.C2H6/c1-5-8-7(4)6(2)3;3*1-3-4-2;1-2/h1,7-8H,2H2,3-4H3;2*3-4H2,1-2H3;3-4H,1-2H3;1-2H3/b;;;4-3-;. The molecular weight excluding hydrogens is 266 g/mol. The van der Waals surface area contributed by atoms with Crippen molar-refractivity contribution in [3.63, 3.8) is 0 Å². The Balaban J connectivity index is -0.0000000595. The maximum absolute atomic E-state index is 4.96. The van der Waals surface area contributed by atoms with E-state index in [1.807, 2.05) is 53.7 Å². The molecule has 0 saturated carbocycles. The minimum Gasteiger partial charge on any atom is -0.339 e. The van der Waals surface area contributed by atoms with Crippen molar-refractivity contribution in [2.45, 2.75) is 101 Å². The lowest BCUT2D eigenvalue weighted by molar-refractivity contribution is 0.750. The van der Waals surface area contributed by atoms with E-state index >= 15 is 0 Å². The Kier molecular flexibility index (Phi) is 63.5. The van der Waals surface area contributed by atoms with Crippen LogP contribution in [0, 0.1) is 12.5 Å². The van der Waals surface area contributed by atoms with Crippen LogP contribution in [-0.4, -0.2) is 6.04 Å². The average Bonchev–Trinajstić information content (AvgIpc) is 2.57. The summed E-state index contributed by atoms with van der Waals surface area (Å²) in [6.45, 7) is 24.4. The Hall–Kier alpha value is -1.16. The van der Waals surface area contributed by atoms with Crippen molar-refractivity contribution >= 4 is 0 Å². The Bertz CT molecular complexity index is 209. The molecule has 1 N–H and O–H groups in total. The normalized spacial score (nSPS) is 8.95. The molecule has 0 radical (unpaired) electrons. The van der Waals surface area contributed by atoms with Crippen molar-refractivity contribution < 1.29 is 0 Å². The monoisotopic (exact) mass is 311 g/mol. The van der Waals surface area contributed by atoms with Crippen LogP contribution in [0.3, 0.4) is 0 Å². The average molecular weight is 312 g/mol. The predicted molar refractivity (Wildman–Crippen MR) is 109 cm³/mol. The highest BCUT2D eigenvalue weighted by atomic mass is 14.9. The number of unbranched alkanes of at least 4 members (excludes halogenated alkanes) is 2. The van der Waals surface area contributed by atoms with Gasteiger partial charge in [-0.25, -0.2) is 0 Å². The van der Waals surface area contributed by atoms with Gasteiger partial charge in [0.1, 0.15) is 0 Å². The second-order valence-electron chi connectivity index (χ2n) is 4.52. The summed E-state index contributed by atoms with van der Waals surface area (Å²) >= 11 is 0. The van der Waals surface area contributed by atoms with Gasteiger partial charge in [0.05, 0.1) is 6.04 Å². The van der Waals surface area contributed by atoms with Crippen molar-refractivity contribution in [2.24, 2.45) is 0 Å². The van der Waals surface area contributed by atoms with Crippen LogP contribution in [0.1, 0.15) is 94.9 Å². The molecule has 0 aromatic rings. The maximum atomic E-state index is 4.96. The summed E-state index contributed by atoms with van der Waals surface area (Å²) in [5.74, 6) is 0. The topological polar surface area (TPSA) is 12.0 Å². The van der Waals surface area contributed by atoms with Crippen LogP contribution in [0.25, 0.3) is 0 Å². The van der Waals surface area contributed by atoms with Gasteiger partial charge in [0, 0.05) is 6.04 Å². The summed E-state index contributed by atoms with van der Waals surface area (Å²) < 4.78 is 0. The van der Waals surface area contributed by atoms with Crippen molar-refractivity contribution in [3.8, 4) is 12.5 Å². The van der Waals surface area contributed by atoms with Crippen LogP contribution in [0.5, 0.6) is 0 Å². The van der Waals surface area contributed by atoms with Gasteiger partial charge in [-0.1, -0.05) is 98.0 Å². The second kappa shape index (κ2) is 42.7. The summed E-state index contributed by atoms with van der Waals surface area (Å²) in [6.07, 6.45) is 14.2. The number of allylic oxidation sites excluding steroid dienone is 2. The third-order valence-electron chi connectivity index (χ3n) is 2.37. The van der Waals surface area contributed by atoms with Crippen molar-refractivity contribution in [1.29, 1.82) is 0 Å². The van der Waals surface area contributed by atoms with Gasteiger partial charge in [-0.2, -0.15) is 0 Å². The third-order valence-corrected chi connectivity index (χ3v) is 2.37. The fourth-order valence-corrected chi connectivity index (χ4v) is 0.248. The van der Waals surface area contributed by atoms with Crippen LogP contribution in [0.2, 0.25) is 0 Å². The van der Waals surface area contributed by atoms with E-state index in [1.54, 1.807) is 0 Å². The summed E-state index contributed by atoms with van der Waals surface area (Å²) in [7, 11) is 0. The summed E-state index contributed by atoms with van der Waals surface area (Å²) in [4.78, 5) is 0. The Morgan fingerprint density at radius 3 is 1.32 bits per heavy atom. The summed E-state index contributed by atoms with van der Waals surface area (Å²) in [6, 6.07) is 2.57. The lowest BCUT2D eigenvalue weighted by atomic mass is 10.2. The van der Waals surface area contributed by atoms with Gasteiger partial charge >= 0.3 is 0 Å². The number of hydrogen-bond acceptors (Lipinski definition) is 1. The molecule has 0 fully saturated rings. The molecule has 1 unspecified atom stereocenters. The van der Waals surface area contributed by atoms with Crippen molar-refractivity contribution in [3.05, 3.63) is 24.3 Å². The maximum Gasteiger partial charge on any atom is 0.0516 e. The fraction of sp³-hybridized carbons (Fsp3) is 0.714. The molecule has 1 atom stereocenters. The number of terminal acetylenes is 1. The lowest BCUT2D eigenvalue weighted by Crippen LogP contribution is -2.20. The molecular formula is C21H45N. The van der Waals surface area contributed by atoms with Crippen molar-refractivity contribution in [1.82, 2.24) is 5.32 Å². The van der Waals surface area contributed by atoms with E-state index in [4.69, 9.17) is 6.42 Å². The van der Waals surface area contributed by atoms with Crippen LogP contribution in [0.15, 0.2) is 24.3 Å². The smallest absolute Gasteiger partial charge is 0.0516 e. The molecule has 0 aliphatic rings. The molecule has 0 spiro atoms. The van der Waals surface area contributed by atoms with Gasteiger partial charge in [-0.3, -0.25) is 0 Å². The van der Waals surface area contributed by atoms with Gasteiger partial charge in [0.15, 0.2) is 0 Å². The highest BCUT2D eigenvalue weighted by molar-refractivity contribution is 5.02. The highest BCUT2D eigenvalue weighted by Gasteiger charge is 1.94. The number of nitrogens with one attached hydrogen (secondary N) is 1. The zero-order valence-corrected chi connectivity index (χ0v) is 17.3. The zero-order valence-electron chi connectivity index (χ0n) is 17.3. The number of hydrogen-bond donors (Lipinski definition) is 1. The van der Waals surface area contributed by atoms with Crippen LogP contribution < -0.4 is 5.32 Å². The van der Waals surface area contributed by atoms with Gasteiger partial charge < -0.3 is 5.32 Å². The minimum absolute atomic E-state index is 0.236. The van der Waals surface area contributed by atoms with E-state index in [-0.39, 0.29) is 6.04 Å². The first-order chi connectivity index (χ1) is 10.4. The van der Waals surface area contributed by atoms with Crippen LogP contribution >= 0.6 is 0 Å². The third kappa shape index (κ3) is 76.7. The first-order valence-corrected chi connectivity index (χ1v) is 8.86. The molecule has 0 aliphatic carbocycles. The first-order valence-electron chi connectivity index (χ1n) is 8.86. The molecule has 1 heteroatoms. The second-order valence-corrected chi connectivity index (χ2v) is 4.52. The van der Waals surface area contributed by atoms with E-state index in [1.165, 1.54) is 25.7 Å². The van der Waals surface area contributed by atoms with Crippen LogP contribution in [-0.2, 0) is 0 Å². The molecule has 134 valence electrons. The van der Waals surface area contributed by atoms with E-state index < -0.39 is 0 Å². The van der Waals surface area contributed by atoms with E-state index in [9.17, 15) is 0 Å². The van der Waals surface area contributed by atoms with Gasteiger partial charge in [-0.05, 0) is 27.7 Å². The molecule has 0 bridgehead atoms. The molecule has 0 heterocycles.